The monoisotopic (exact) mass is 303 g/mol. The first-order chi connectivity index (χ1) is 10.6. The Labute approximate surface area is 127 Å². The van der Waals surface area contributed by atoms with Crippen LogP contribution in [0.2, 0.25) is 0 Å². The number of rotatable bonds is 4. The van der Waals surface area contributed by atoms with E-state index in [-0.39, 0.29) is 6.04 Å². The molecular weight excluding hydrogens is 286 g/mol. The van der Waals surface area contributed by atoms with Crippen molar-refractivity contribution in [2.24, 2.45) is 0 Å². The van der Waals surface area contributed by atoms with Crippen molar-refractivity contribution in [3.8, 4) is 0 Å². The van der Waals surface area contributed by atoms with Gasteiger partial charge in [-0.25, -0.2) is 0 Å². The van der Waals surface area contributed by atoms with E-state index in [0.717, 1.165) is 42.4 Å². The summed E-state index contributed by atoms with van der Waals surface area (Å²) in [6.07, 6.45) is 4.04. The van der Waals surface area contributed by atoms with Crippen LogP contribution < -0.4 is 10.2 Å². The highest BCUT2D eigenvalue weighted by Crippen LogP contribution is 2.33. The van der Waals surface area contributed by atoms with Gasteiger partial charge in [-0.2, -0.15) is 0 Å². The van der Waals surface area contributed by atoms with Crippen molar-refractivity contribution < 1.29 is 14.8 Å². The first-order valence-corrected chi connectivity index (χ1v) is 7.24. The summed E-state index contributed by atoms with van der Waals surface area (Å²) < 4.78 is 0. The maximum Gasteiger partial charge on any atom is 0.322 e. The third kappa shape index (κ3) is 2.67. The Balaban J connectivity index is 1.83. The fraction of sp³-hybridized carbons (Fsp3) is 0.400. The number of nitrogens with one attached hydrogen (secondary N) is 1. The molecule has 3 rings (SSSR count). The first kappa shape index (κ1) is 14.5. The number of aliphatic carboxylic acids is 1. The van der Waals surface area contributed by atoms with Crippen molar-refractivity contribution >= 4 is 17.7 Å². The zero-order valence-corrected chi connectivity index (χ0v) is 11.9. The van der Waals surface area contributed by atoms with E-state index in [2.05, 4.69) is 10.2 Å². The molecule has 2 aliphatic rings. The molecule has 0 spiro atoms. The van der Waals surface area contributed by atoms with Gasteiger partial charge in [0.1, 0.15) is 6.04 Å². The lowest BCUT2D eigenvalue weighted by Crippen LogP contribution is -2.47. The molecule has 1 aromatic rings. The number of carboxylic acid groups (broad SMARTS) is 1. The van der Waals surface area contributed by atoms with E-state index in [9.17, 15) is 20.0 Å². The average Bonchev–Trinajstić information content (AvgIpc) is 3.10. The van der Waals surface area contributed by atoms with Crippen LogP contribution >= 0.6 is 0 Å². The van der Waals surface area contributed by atoms with E-state index < -0.39 is 16.9 Å². The summed E-state index contributed by atoms with van der Waals surface area (Å²) in [7, 11) is 0. The summed E-state index contributed by atoms with van der Waals surface area (Å²) >= 11 is 0. The molecule has 2 N–H and O–H groups in total. The lowest BCUT2D eigenvalue weighted by molar-refractivity contribution is -0.400. The highest BCUT2D eigenvalue weighted by atomic mass is 16.6. The Hall–Kier alpha value is -2.41. The second kappa shape index (κ2) is 5.76. The molecule has 1 unspecified atom stereocenters. The Morgan fingerprint density at radius 3 is 3.05 bits per heavy atom. The van der Waals surface area contributed by atoms with Crippen LogP contribution in [0.15, 0.2) is 24.4 Å². The summed E-state index contributed by atoms with van der Waals surface area (Å²) in [6.45, 7) is 1.49. The summed E-state index contributed by atoms with van der Waals surface area (Å²) in [5.74, 6) is -0.818. The van der Waals surface area contributed by atoms with E-state index in [1.165, 1.54) is 6.08 Å². The van der Waals surface area contributed by atoms with Gasteiger partial charge in [0.05, 0.1) is 11.0 Å². The number of nitro groups is 1. The van der Waals surface area contributed by atoms with Gasteiger partial charge in [-0.15, -0.1) is 0 Å². The number of anilines is 1. The van der Waals surface area contributed by atoms with Crippen LogP contribution in [0.3, 0.4) is 0 Å². The van der Waals surface area contributed by atoms with Crippen molar-refractivity contribution in [2.75, 3.05) is 18.0 Å². The maximum atomic E-state index is 11.3. The van der Waals surface area contributed by atoms with Gasteiger partial charge in [-0.3, -0.25) is 14.9 Å². The van der Waals surface area contributed by atoms with E-state index in [1.54, 1.807) is 0 Å². The molecule has 7 nitrogen and oxygen atoms in total. The molecule has 1 aromatic carbocycles. The Bertz CT molecular complexity index is 644. The maximum absolute atomic E-state index is 11.3. The van der Waals surface area contributed by atoms with Crippen LogP contribution in [-0.4, -0.2) is 41.2 Å². The summed E-state index contributed by atoms with van der Waals surface area (Å²) in [5.41, 5.74) is 2.94. The molecule has 0 aliphatic carbocycles. The Morgan fingerprint density at radius 2 is 2.32 bits per heavy atom. The molecule has 0 bridgehead atoms. The molecule has 1 fully saturated rings. The highest BCUT2D eigenvalue weighted by Gasteiger charge is 2.38. The SMILES string of the molecule is O=C(O)[C@H]1NCCC1N1CCc2cc(C=C[N+](=O)[O-])ccc21. The van der Waals surface area contributed by atoms with Crippen molar-refractivity contribution in [1.29, 1.82) is 0 Å². The minimum atomic E-state index is -0.818. The number of nitrogens with zero attached hydrogens (tertiary/aromatic N) is 2. The molecule has 2 heterocycles. The van der Waals surface area contributed by atoms with Crippen LogP contribution in [0.4, 0.5) is 5.69 Å². The number of hydrogen-bond donors (Lipinski definition) is 2. The van der Waals surface area contributed by atoms with Gasteiger partial charge >= 0.3 is 5.97 Å². The first-order valence-electron chi connectivity index (χ1n) is 7.24. The Morgan fingerprint density at radius 1 is 1.50 bits per heavy atom. The van der Waals surface area contributed by atoms with Crippen LogP contribution in [0.1, 0.15) is 17.5 Å². The zero-order valence-electron chi connectivity index (χ0n) is 11.9. The molecule has 0 radical (unpaired) electrons. The molecule has 116 valence electrons. The molecule has 2 aliphatic heterocycles. The van der Waals surface area contributed by atoms with Crippen molar-refractivity contribution in [3.05, 3.63) is 45.6 Å². The number of carboxylic acids is 1. The third-order valence-corrected chi connectivity index (χ3v) is 4.28. The Kier molecular flexibility index (Phi) is 3.81. The summed E-state index contributed by atoms with van der Waals surface area (Å²) in [5, 5.41) is 22.7. The molecule has 0 aromatic heterocycles. The van der Waals surface area contributed by atoms with Crippen molar-refractivity contribution in [3.63, 3.8) is 0 Å². The second-order valence-electron chi connectivity index (χ2n) is 5.56. The molecule has 7 heteroatoms. The predicted octanol–water partition coefficient (Wildman–Crippen LogP) is 1.11. The molecule has 2 atom stereocenters. The highest BCUT2D eigenvalue weighted by molar-refractivity contribution is 5.77. The lowest BCUT2D eigenvalue weighted by Gasteiger charge is -2.29. The standard InChI is InChI=1S/C15H17N3O4/c19-15(20)14-13(3-6-16-14)17-7-5-11-9-10(1-2-12(11)17)4-8-18(21)22/h1-2,4,8-9,13-14,16H,3,5-7H2,(H,19,20)/t13?,14-/m0/s1. The predicted molar refractivity (Wildman–Crippen MR) is 81.4 cm³/mol. The number of fused-ring (bicyclic) bond motifs is 1. The van der Waals surface area contributed by atoms with Crippen molar-refractivity contribution in [2.45, 2.75) is 24.9 Å². The third-order valence-electron chi connectivity index (χ3n) is 4.28. The van der Waals surface area contributed by atoms with E-state index in [4.69, 9.17) is 0 Å². The van der Waals surface area contributed by atoms with Gasteiger partial charge in [0.15, 0.2) is 0 Å². The molecule has 0 amide bonds. The average molecular weight is 303 g/mol. The molecule has 1 saturated heterocycles. The summed E-state index contributed by atoms with van der Waals surface area (Å²) in [4.78, 5) is 23.4. The molecule has 0 saturated carbocycles. The van der Waals surface area contributed by atoms with Gasteiger partial charge < -0.3 is 15.3 Å². The minimum Gasteiger partial charge on any atom is -0.480 e. The molecule has 22 heavy (non-hydrogen) atoms. The number of benzene rings is 1. The van der Waals surface area contributed by atoms with Crippen LogP contribution in [0.25, 0.3) is 6.08 Å². The van der Waals surface area contributed by atoms with E-state index in [0.29, 0.717) is 6.54 Å². The number of carbonyl (C=O) groups is 1. The lowest BCUT2D eigenvalue weighted by atomic mass is 10.1. The van der Waals surface area contributed by atoms with Gasteiger partial charge in [-0.05, 0) is 42.6 Å². The van der Waals surface area contributed by atoms with Crippen LogP contribution in [-0.2, 0) is 11.2 Å². The summed E-state index contributed by atoms with van der Waals surface area (Å²) in [6, 6.07) is 5.11. The quantitative estimate of drug-likeness (QED) is 0.639. The topological polar surface area (TPSA) is 95.7 Å². The van der Waals surface area contributed by atoms with Crippen LogP contribution in [0, 0.1) is 10.1 Å². The largest absolute Gasteiger partial charge is 0.480 e. The zero-order chi connectivity index (χ0) is 15.7. The fourth-order valence-electron chi connectivity index (χ4n) is 3.32. The fourth-order valence-corrected chi connectivity index (χ4v) is 3.32. The smallest absolute Gasteiger partial charge is 0.322 e. The molecular formula is C15H17N3O4. The number of hydrogen-bond acceptors (Lipinski definition) is 5. The van der Waals surface area contributed by atoms with E-state index >= 15 is 0 Å². The second-order valence-corrected chi connectivity index (χ2v) is 5.56. The van der Waals surface area contributed by atoms with Gasteiger partial charge in [-0.1, -0.05) is 6.07 Å². The van der Waals surface area contributed by atoms with E-state index in [1.807, 2.05) is 18.2 Å². The normalized spacial score (nSPS) is 23.9. The van der Waals surface area contributed by atoms with Gasteiger partial charge in [0, 0.05) is 18.3 Å². The minimum absolute atomic E-state index is 0.0427. The van der Waals surface area contributed by atoms with Gasteiger partial charge in [0.25, 0.3) is 0 Å². The van der Waals surface area contributed by atoms with Crippen LogP contribution in [0.5, 0.6) is 0 Å². The van der Waals surface area contributed by atoms with Crippen molar-refractivity contribution in [1.82, 2.24) is 5.32 Å². The van der Waals surface area contributed by atoms with Gasteiger partial charge in [0.2, 0.25) is 6.20 Å².